The summed E-state index contributed by atoms with van der Waals surface area (Å²) in [5, 5.41) is 26.8. The van der Waals surface area contributed by atoms with Gasteiger partial charge in [0.1, 0.15) is 11.2 Å². The number of benzene rings is 1. The Kier molecular flexibility index (Phi) is 3.70. The molecular formula is C16H13N5O2. The molecule has 0 atom stereocenters. The number of hydrogen-bond acceptors (Lipinski definition) is 6. The first-order valence-electron chi connectivity index (χ1n) is 7.12. The molecular weight excluding hydrogens is 294 g/mol. The van der Waals surface area contributed by atoms with Crippen molar-refractivity contribution in [3.05, 3.63) is 35.9 Å². The maximum atomic E-state index is 12.3. The SMILES string of the molecule is N#CNC1(C(=O)Nc2cc(-c3cccc(C#N)c3)no2)CCC1. The van der Waals surface area contributed by atoms with Gasteiger partial charge in [-0.25, -0.2) is 0 Å². The smallest absolute Gasteiger partial charge is 0.253 e. The molecule has 0 aliphatic heterocycles. The number of nitriles is 2. The van der Waals surface area contributed by atoms with Gasteiger partial charge in [0.25, 0.3) is 5.91 Å². The average Bonchev–Trinajstić information content (AvgIpc) is 2.99. The molecule has 0 spiro atoms. The van der Waals surface area contributed by atoms with Gasteiger partial charge in [-0.15, -0.1) is 0 Å². The molecule has 2 aromatic rings. The zero-order chi connectivity index (χ0) is 16.3. The molecule has 1 aliphatic carbocycles. The van der Waals surface area contributed by atoms with Crippen LogP contribution in [0.15, 0.2) is 34.9 Å². The summed E-state index contributed by atoms with van der Waals surface area (Å²) < 4.78 is 5.13. The first kappa shape index (κ1) is 14.6. The van der Waals surface area contributed by atoms with Gasteiger partial charge in [-0.1, -0.05) is 17.3 Å². The highest BCUT2D eigenvalue weighted by Gasteiger charge is 2.44. The van der Waals surface area contributed by atoms with Crippen LogP contribution >= 0.6 is 0 Å². The molecule has 0 bridgehead atoms. The van der Waals surface area contributed by atoms with E-state index in [9.17, 15) is 4.79 Å². The number of nitrogens with zero attached hydrogens (tertiary/aromatic N) is 3. The van der Waals surface area contributed by atoms with Crippen LogP contribution in [0.25, 0.3) is 11.3 Å². The van der Waals surface area contributed by atoms with Crippen molar-refractivity contribution in [2.45, 2.75) is 24.8 Å². The quantitative estimate of drug-likeness (QED) is 0.660. The molecule has 1 heterocycles. The summed E-state index contributed by atoms with van der Waals surface area (Å²) in [6.45, 7) is 0. The second-order valence-electron chi connectivity index (χ2n) is 5.40. The lowest BCUT2D eigenvalue weighted by molar-refractivity contribution is -0.125. The molecule has 1 aromatic heterocycles. The van der Waals surface area contributed by atoms with Crippen LogP contribution in [0.3, 0.4) is 0 Å². The molecule has 1 aliphatic rings. The number of anilines is 1. The minimum atomic E-state index is -0.845. The van der Waals surface area contributed by atoms with Gasteiger partial charge in [-0.3, -0.25) is 10.1 Å². The van der Waals surface area contributed by atoms with Gasteiger partial charge >= 0.3 is 0 Å². The second-order valence-corrected chi connectivity index (χ2v) is 5.40. The number of hydrogen-bond donors (Lipinski definition) is 2. The Morgan fingerprint density at radius 1 is 1.30 bits per heavy atom. The summed E-state index contributed by atoms with van der Waals surface area (Å²) in [6.07, 6.45) is 3.94. The molecule has 114 valence electrons. The molecule has 1 amide bonds. The monoisotopic (exact) mass is 307 g/mol. The molecule has 2 N–H and O–H groups in total. The molecule has 0 unspecified atom stereocenters. The standard InChI is InChI=1S/C16H13N5O2/c17-9-11-3-1-4-12(7-11)13-8-14(23-21-13)20-15(22)16(19-10-18)5-2-6-16/h1,3-4,7-8,19H,2,5-6H2,(H,20,22). The number of carbonyl (C=O) groups excluding carboxylic acids is 1. The van der Waals surface area contributed by atoms with Crippen LogP contribution in [0, 0.1) is 22.8 Å². The predicted molar refractivity (Wildman–Crippen MR) is 80.6 cm³/mol. The van der Waals surface area contributed by atoms with Crippen LogP contribution in [0.2, 0.25) is 0 Å². The maximum absolute atomic E-state index is 12.3. The first-order chi connectivity index (χ1) is 11.2. The van der Waals surface area contributed by atoms with Crippen LogP contribution in [-0.2, 0) is 4.79 Å². The van der Waals surface area contributed by atoms with Crippen molar-refractivity contribution in [2.24, 2.45) is 0 Å². The molecule has 0 saturated heterocycles. The van der Waals surface area contributed by atoms with E-state index in [-0.39, 0.29) is 11.8 Å². The van der Waals surface area contributed by atoms with Crippen molar-refractivity contribution in [1.82, 2.24) is 10.5 Å². The first-order valence-corrected chi connectivity index (χ1v) is 7.12. The normalized spacial score (nSPS) is 14.9. The number of rotatable bonds is 4. The van der Waals surface area contributed by atoms with E-state index in [0.29, 0.717) is 24.1 Å². The maximum Gasteiger partial charge on any atom is 0.253 e. The summed E-state index contributed by atoms with van der Waals surface area (Å²) in [4.78, 5) is 12.3. The molecule has 3 rings (SSSR count). The third-order valence-electron chi connectivity index (χ3n) is 3.97. The van der Waals surface area contributed by atoms with Crippen LogP contribution in [0.1, 0.15) is 24.8 Å². The molecule has 1 saturated carbocycles. The lowest BCUT2D eigenvalue weighted by atomic mass is 9.76. The van der Waals surface area contributed by atoms with Crippen molar-refractivity contribution in [3.8, 4) is 23.5 Å². The van der Waals surface area contributed by atoms with Gasteiger partial charge in [0.2, 0.25) is 5.88 Å². The molecule has 1 aromatic carbocycles. The van der Waals surface area contributed by atoms with Crippen molar-refractivity contribution >= 4 is 11.8 Å². The summed E-state index contributed by atoms with van der Waals surface area (Å²) >= 11 is 0. The van der Waals surface area contributed by atoms with Crippen LogP contribution in [0.5, 0.6) is 0 Å². The van der Waals surface area contributed by atoms with Crippen molar-refractivity contribution in [2.75, 3.05) is 5.32 Å². The van der Waals surface area contributed by atoms with Crippen LogP contribution in [0.4, 0.5) is 5.88 Å². The molecule has 1 fully saturated rings. The Morgan fingerprint density at radius 2 is 2.13 bits per heavy atom. The van der Waals surface area contributed by atoms with Crippen LogP contribution < -0.4 is 10.6 Å². The number of nitrogens with one attached hydrogen (secondary N) is 2. The summed E-state index contributed by atoms with van der Waals surface area (Å²) in [5.41, 5.74) is 0.917. The summed E-state index contributed by atoms with van der Waals surface area (Å²) in [5.74, 6) is -0.0999. The Morgan fingerprint density at radius 3 is 2.78 bits per heavy atom. The van der Waals surface area contributed by atoms with Gasteiger partial charge in [0.15, 0.2) is 6.19 Å². The summed E-state index contributed by atoms with van der Waals surface area (Å²) in [6, 6.07) is 10.6. The van der Waals surface area contributed by atoms with Gasteiger partial charge in [-0.2, -0.15) is 10.5 Å². The fourth-order valence-electron chi connectivity index (χ4n) is 2.50. The Labute approximate surface area is 132 Å². The van der Waals surface area contributed by atoms with Gasteiger partial charge < -0.3 is 9.84 Å². The summed E-state index contributed by atoms with van der Waals surface area (Å²) in [7, 11) is 0. The van der Waals surface area contributed by atoms with Gasteiger partial charge in [-0.05, 0) is 31.4 Å². The van der Waals surface area contributed by atoms with Crippen LogP contribution in [-0.4, -0.2) is 16.6 Å². The minimum Gasteiger partial charge on any atom is -0.338 e. The zero-order valence-corrected chi connectivity index (χ0v) is 12.2. The topological polar surface area (TPSA) is 115 Å². The van der Waals surface area contributed by atoms with E-state index in [1.807, 2.05) is 6.19 Å². The van der Waals surface area contributed by atoms with E-state index in [1.165, 1.54) is 0 Å². The second kappa shape index (κ2) is 5.82. The van der Waals surface area contributed by atoms with E-state index in [1.54, 1.807) is 30.3 Å². The Hall–Kier alpha value is -3.32. The predicted octanol–water partition coefficient (Wildman–Crippen LogP) is 2.15. The average molecular weight is 307 g/mol. The van der Waals surface area contributed by atoms with E-state index >= 15 is 0 Å². The lowest BCUT2D eigenvalue weighted by Crippen LogP contribution is -2.57. The Balaban J connectivity index is 1.76. The zero-order valence-electron chi connectivity index (χ0n) is 12.2. The van der Waals surface area contributed by atoms with E-state index < -0.39 is 5.54 Å². The largest absolute Gasteiger partial charge is 0.338 e. The fraction of sp³-hybridized carbons (Fsp3) is 0.250. The van der Waals surface area contributed by atoms with E-state index in [4.69, 9.17) is 15.0 Å². The number of aromatic nitrogens is 1. The highest BCUT2D eigenvalue weighted by atomic mass is 16.5. The molecule has 23 heavy (non-hydrogen) atoms. The van der Waals surface area contributed by atoms with E-state index in [2.05, 4.69) is 21.9 Å². The van der Waals surface area contributed by atoms with Crippen molar-refractivity contribution in [1.29, 1.82) is 10.5 Å². The number of carbonyl (C=O) groups is 1. The fourth-order valence-corrected chi connectivity index (χ4v) is 2.50. The van der Waals surface area contributed by atoms with E-state index in [0.717, 1.165) is 12.0 Å². The third kappa shape index (κ3) is 2.72. The highest BCUT2D eigenvalue weighted by molar-refractivity contribution is 5.98. The van der Waals surface area contributed by atoms with Crippen molar-refractivity contribution in [3.63, 3.8) is 0 Å². The lowest BCUT2D eigenvalue weighted by Gasteiger charge is -2.38. The minimum absolute atomic E-state index is 0.207. The molecule has 7 heteroatoms. The number of amides is 1. The highest BCUT2D eigenvalue weighted by Crippen LogP contribution is 2.33. The molecule has 7 nitrogen and oxygen atoms in total. The van der Waals surface area contributed by atoms with Crippen molar-refractivity contribution < 1.29 is 9.32 Å². The molecule has 0 radical (unpaired) electrons. The van der Waals surface area contributed by atoms with Gasteiger partial charge in [0.05, 0.1) is 11.6 Å². The Bertz CT molecular complexity index is 823. The third-order valence-corrected chi connectivity index (χ3v) is 3.97. The van der Waals surface area contributed by atoms with Gasteiger partial charge in [0, 0.05) is 11.6 Å².